The summed E-state index contributed by atoms with van der Waals surface area (Å²) in [5.41, 5.74) is 0. The van der Waals surface area contributed by atoms with Crippen LogP contribution in [0.2, 0.25) is 0 Å². The van der Waals surface area contributed by atoms with Crippen LogP contribution in [0.15, 0.2) is 0 Å². The molecule has 1 rings (SSSR count). The fraction of sp³-hybridized carbons (Fsp3) is 0.800. The quantitative estimate of drug-likeness (QED) is 0.546. The monoisotopic (exact) mass is 269 g/mol. The van der Waals surface area contributed by atoms with Crippen molar-refractivity contribution in [3.05, 3.63) is 0 Å². The van der Waals surface area contributed by atoms with Gasteiger partial charge in [0.05, 0.1) is 18.8 Å². The summed E-state index contributed by atoms with van der Waals surface area (Å²) in [6.07, 6.45) is -5.40. The van der Waals surface area contributed by atoms with Gasteiger partial charge in [0.2, 0.25) is 0 Å². The fourth-order valence-electron chi connectivity index (χ4n) is 1.79. The second-order valence-electron chi connectivity index (χ2n) is 4.21. The topological polar surface area (TPSA) is 55.8 Å². The van der Waals surface area contributed by atoms with Crippen LogP contribution in [-0.4, -0.2) is 54.9 Å². The van der Waals surface area contributed by atoms with Crippen LogP contribution < -0.4 is 0 Å². The zero-order valence-corrected chi connectivity index (χ0v) is 9.99. The van der Waals surface area contributed by atoms with Gasteiger partial charge in [-0.05, 0) is 13.8 Å². The van der Waals surface area contributed by atoms with Crippen LogP contribution >= 0.6 is 0 Å². The lowest BCUT2D eigenvalue weighted by Crippen LogP contribution is -2.48. The Morgan fingerprint density at radius 3 is 2.22 bits per heavy atom. The normalized spacial score (nSPS) is 25.8. The molecule has 104 valence electrons. The number of morpholine rings is 1. The van der Waals surface area contributed by atoms with Gasteiger partial charge in [-0.15, -0.1) is 0 Å². The van der Waals surface area contributed by atoms with Crippen LogP contribution in [0.4, 0.5) is 13.2 Å². The van der Waals surface area contributed by atoms with E-state index in [1.54, 1.807) is 18.7 Å². The Balaban J connectivity index is 2.43. The summed E-state index contributed by atoms with van der Waals surface area (Å²) < 4.78 is 44.7. The SMILES string of the molecule is CC1CN(CC(=O)OC(=O)C(F)(F)F)CC(C)O1. The van der Waals surface area contributed by atoms with Gasteiger partial charge < -0.3 is 9.47 Å². The van der Waals surface area contributed by atoms with E-state index in [0.717, 1.165) is 0 Å². The predicted molar refractivity (Wildman–Crippen MR) is 53.6 cm³/mol. The van der Waals surface area contributed by atoms with E-state index in [-0.39, 0.29) is 18.8 Å². The molecule has 0 bridgehead atoms. The summed E-state index contributed by atoms with van der Waals surface area (Å²) in [5.74, 6) is -3.69. The molecule has 0 aromatic rings. The van der Waals surface area contributed by atoms with Crippen LogP contribution in [0.25, 0.3) is 0 Å². The Bertz CT molecular complexity index is 322. The van der Waals surface area contributed by atoms with Gasteiger partial charge in [-0.25, -0.2) is 4.79 Å². The molecule has 8 heteroatoms. The first-order chi connectivity index (χ1) is 8.18. The van der Waals surface area contributed by atoms with Crippen molar-refractivity contribution in [1.29, 1.82) is 0 Å². The molecule has 0 radical (unpaired) electrons. The molecule has 1 aliphatic rings. The molecule has 0 saturated carbocycles. The molecule has 1 aliphatic heterocycles. The first kappa shape index (κ1) is 14.9. The number of hydrogen-bond donors (Lipinski definition) is 0. The van der Waals surface area contributed by atoms with Crippen molar-refractivity contribution in [1.82, 2.24) is 4.90 Å². The van der Waals surface area contributed by atoms with Gasteiger partial charge in [-0.3, -0.25) is 9.69 Å². The standard InChI is InChI=1S/C10H14F3NO4/c1-6-3-14(4-7(2)17-6)5-8(15)18-9(16)10(11,12)13/h6-7H,3-5H2,1-2H3. The molecule has 18 heavy (non-hydrogen) atoms. The van der Waals surface area contributed by atoms with Crippen LogP contribution in [-0.2, 0) is 19.1 Å². The van der Waals surface area contributed by atoms with Crippen LogP contribution in [0.5, 0.6) is 0 Å². The summed E-state index contributed by atoms with van der Waals surface area (Å²) in [5, 5.41) is 0. The van der Waals surface area contributed by atoms with Crippen LogP contribution in [0.3, 0.4) is 0 Å². The maximum absolute atomic E-state index is 11.9. The largest absolute Gasteiger partial charge is 0.491 e. The summed E-state index contributed by atoms with van der Waals surface area (Å²) in [7, 11) is 0. The van der Waals surface area contributed by atoms with Crippen molar-refractivity contribution in [2.45, 2.75) is 32.2 Å². The number of hydrogen-bond acceptors (Lipinski definition) is 5. The molecule has 1 saturated heterocycles. The number of ether oxygens (including phenoxy) is 2. The molecular formula is C10H14F3NO4. The Hall–Kier alpha value is -1.15. The molecule has 0 amide bonds. The smallest absolute Gasteiger partial charge is 0.385 e. The van der Waals surface area contributed by atoms with Gasteiger partial charge in [-0.1, -0.05) is 0 Å². The number of nitrogens with zero attached hydrogens (tertiary/aromatic N) is 1. The predicted octanol–water partition coefficient (Wildman–Crippen LogP) is 0.728. The van der Waals surface area contributed by atoms with Crippen molar-refractivity contribution < 1.29 is 32.2 Å². The maximum Gasteiger partial charge on any atom is 0.491 e. The number of esters is 2. The summed E-state index contributed by atoms with van der Waals surface area (Å²) >= 11 is 0. The molecule has 0 aliphatic carbocycles. The minimum atomic E-state index is -5.15. The summed E-state index contributed by atoms with van der Waals surface area (Å²) in [4.78, 5) is 23.2. The lowest BCUT2D eigenvalue weighted by molar-refractivity contribution is -0.202. The first-order valence-corrected chi connectivity index (χ1v) is 5.38. The van der Waals surface area contributed by atoms with E-state index in [2.05, 4.69) is 4.74 Å². The van der Waals surface area contributed by atoms with Crippen molar-refractivity contribution in [3.8, 4) is 0 Å². The van der Waals surface area contributed by atoms with Gasteiger partial charge in [-0.2, -0.15) is 13.2 Å². The Morgan fingerprint density at radius 2 is 1.78 bits per heavy atom. The van der Waals surface area contributed by atoms with E-state index in [1.165, 1.54) is 0 Å². The molecular weight excluding hydrogens is 255 g/mol. The number of alkyl halides is 3. The maximum atomic E-state index is 11.9. The summed E-state index contributed by atoms with van der Waals surface area (Å²) in [6, 6.07) is 0. The summed E-state index contributed by atoms with van der Waals surface area (Å²) in [6.45, 7) is 4.02. The van der Waals surface area contributed by atoms with Crippen LogP contribution in [0.1, 0.15) is 13.8 Å². The van der Waals surface area contributed by atoms with Crippen LogP contribution in [0, 0.1) is 0 Å². The Morgan fingerprint density at radius 1 is 1.28 bits per heavy atom. The molecule has 5 nitrogen and oxygen atoms in total. The Kier molecular flexibility index (Phi) is 4.69. The molecule has 1 fully saturated rings. The first-order valence-electron chi connectivity index (χ1n) is 5.38. The van der Waals surface area contributed by atoms with E-state index in [1.807, 2.05) is 0 Å². The van der Waals surface area contributed by atoms with Crippen molar-refractivity contribution >= 4 is 11.9 Å². The lowest BCUT2D eigenvalue weighted by atomic mass is 10.2. The number of carbonyl (C=O) groups is 2. The third-order valence-electron chi connectivity index (χ3n) is 2.29. The molecule has 0 spiro atoms. The zero-order valence-electron chi connectivity index (χ0n) is 9.99. The van der Waals surface area contributed by atoms with E-state index < -0.39 is 18.1 Å². The van der Waals surface area contributed by atoms with E-state index in [0.29, 0.717) is 13.1 Å². The second-order valence-corrected chi connectivity index (χ2v) is 4.21. The molecule has 2 atom stereocenters. The number of carbonyl (C=O) groups excluding carboxylic acids is 2. The average molecular weight is 269 g/mol. The second kappa shape index (κ2) is 5.66. The van der Waals surface area contributed by atoms with Gasteiger partial charge in [0.1, 0.15) is 0 Å². The van der Waals surface area contributed by atoms with E-state index >= 15 is 0 Å². The van der Waals surface area contributed by atoms with E-state index in [4.69, 9.17) is 4.74 Å². The third kappa shape index (κ3) is 4.61. The minimum Gasteiger partial charge on any atom is -0.385 e. The number of halogens is 3. The highest BCUT2D eigenvalue weighted by Gasteiger charge is 2.42. The highest BCUT2D eigenvalue weighted by molar-refractivity contribution is 5.89. The van der Waals surface area contributed by atoms with Crippen molar-refractivity contribution in [2.75, 3.05) is 19.6 Å². The van der Waals surface area contributed by atoms with Crippen molar-refractivity contribution in [3.63, 3.8) is 0 Å². The molecule has 0 aromatic heterocycles. The van der Waals surface area contributed by atoms with E-state index in [9.17, 15) is 22.8 Å². The van der Waals surface area contributed by atoms with Crippen molar-refractivity contribution in [2.24, 2.45) is 0 Å². The fourth-order valence-corrected chi connectivity index (χ4v) is 1.79. The molecule has 2 unspecified atom stereocenters. The minimum absolute atomic E-state index is 0.125. The third-order valence-corrected chi connectivity index (χ3v) is 2.29. The highest BCUT2D eigenvalue weighted by Crippen LogP contribution is 2.17. The van der Waals surface area contributed by atoms with Gasteiger partial charge in [0.25, 0.3) is 0 Å². The Labute approximate surface area is 102 Å². The van der Waals surface area contributed by atoms with Gasteiger partial charge in [0.15, 0.2) is 0 Å². The molecule has 1 heterocycles. The molecule has 0 aromatic carbocycles. The highest BCUT2D eigenvalue weighted by atomic mass is 19.4. The van der Waals surface area contributed by atoms with Gasteiger partial charge in [0, 0.05) is 13.1 Å². The number of rotatable bonds is 2. The molecule has 0 N–H and O–H groups in total. The van der Waals surface area contributed by atoms with Gasteiger partial charge >= 0.3 is 18.1 Å². The average Bonchev–Trinajstić information content (AvgIpc) is 2.13. The zero-order chi connectivity index (χ0) is 13.9. The lowest BCUT2D eigenvalue weighted by Gasteiger charge is -2.34.